The van der Waals surface area contributed by atoms with Gasteiger partial charge in [-0.15, -0.1) is 11.3 Å². The standard InChI is InChI=1S/C16H16N4O4S2/c1-10-4-5-11(8-13(10)26(23,24)19(2)3)18-14(21)12-9-17-16-20(15(12)22)6-7-25-16/h4-9H,1-3H3,(H,18,21). The fraction of sp³-hybridized carbons (Fsp3) is 0.188. The maximum atomic E-state index is 12.5. The number of amides is 1. The van der Waals surface area contributed by atoms with Crippen LogP contribution in [0.4, 0.5) is 5.69 Å². The van der Waals surface area contributed by atoms with Gasteiger partial charge < -0.3 is 5.32 Å². The summed E-state index contributed by atoms with van der Waals surface area (Å²) in [6.45, 7) is 1.67. The molecule has 0 spiro atoms. The van der Waals surface area contributed by atoms with Crippen molar-refractivity contribution in [3.05, 3.63) is 57.5 Å². The zero-order valence-corrected chi connectivity index (χ0v) is 15.9. The normalized spacial score (nSPS) is 11.8. The molecule has 136 valence electrons. The Bertz CT molecular complexity index is 1160. The van der Waals surface area contributed by atoms with Gasteiger partial charge in [-0.25, -0.2) is 17.7 Å². The molecule has 3 aromatic rings. The predicted molar refractivity (Wildman–Crippen MR) is 99.3 cm³/mol. The number of aromatic nitrogens is 2. The van der Waals surface area contributed by atoms with E-state index in [-0.39, 0.29) is 16.1 Å². The first kappa shape index (κ1) is 18.2. The van der Waals surface area contributed by atoms with Crippen molar-refractivity contribution < 1.29 is 13.2 Å². The molecule has 0 bridgehead atoms. The van der Waals surface area contributed by atoms with E-state index in [4.69, 9.17) is 0 Å². The number of rotatable bonds is 4. The zero-order chi connectivity index (χ0) is 19.1. The summed E-state index contributed by atoms with van der Waals surface area (Å²) in [5, 5.41) is 4.26. The zero-order valence-electron chi connectivity index (χ0n) is 14.3. The third kappa shape index (κ3) is 3.14. The Morgan fingerprint density at radius 2 is 2.04 bits per heavy atom. The fourth-order valence-electron chi connectivity index (χ4n) is 2.33. The summed E-state index contributed by atoms with van der Waals surface area (Å²) in [5.74, 6) is -0.653. The second kappa shape index (κ2) is 6.63. The summed E-state index contributed by atoms with van der Waals surface area (Å²) < 4.78 is 27.2. The molecule has 0 fully saturated rings. The van der Waals surface area contributed by atoms with E-state index in [1.54, 1.807) is 30.6 Å². The minimum atomic E-state index is -3.65. The topological polar surface area (TPSA) is 101 Å². The SMILES string of the molecule is Cc1ccc(NC(=O)c2cnc3sccn3c2=O)cc1S(=O)(=O)N(C)C. The Morgan fingerprint density at radius 3 is 2.73 bits per heavy atom. The second-order valence-electron chi connectivity index (χ2n) is 5.75. The molecule has 0 atom stereocenters. The molecule has 2 heterocycles. The fourth-order valence-corrected chi connectivity index (χ4v) is 4.15. The number of anilines is 1. The molecule has 2 aromatic heterocycles. The number of nitrogens with zero attached hydrogens (tertiary/aromatic N) is 3. The van der Waals surface area contributed by atoms with Gasteiger partial charge in [0.05, 0.1) is 4.90 Å². The van der Waals surface area contributed by atoms with E-state index in [9.17, 15) is 18.0 Å². The van der Waals surface area contributed by atoms with E-state index in [1.165, 1.54) is 42.1 Å². The molecular weight excluding hydrogens is 376 g/mol. The van der Waals surface area contributed by atoms with Gasteiger partial charge in [0.2, 0.25) is 10.0 Å². The monoisotopic (exact) mass is 392 g/mol. The van der Waals surface area contributed by atoms with Crippen molar-refractivity contribution in [3.63, 3.8) is 0 Å². The third-order valence-electron chi connectivity index (χ3n) is 3.79. The molecule has 10 heteroatoms. The van der Waals surface area contributed by atoms with Gasteiger partial charge in [0.15, 0.2) is 4.96 Å². The van der Waals surface area contributed by atoms with Crippen LogP contribution in [0.3, 0.4) is 0 Å². The molecule has 1 amide bonds. The number of carbonyl (C=O) groups is 1. The van der Waals surface area contributed by atoms with Crippen LogP contribution in [0.25, 0.3) is 4.96 Å². The van der Waals surface area contributed by atoms with Crippen molar-refractivity contribution in [1.82, 2.24) is 13.7 Å². The molecule has 0 aliphatic heterocycles. The smallest absolute Gasteiger partial charge is 0.271 e. The lowest BCUT2D eigenvalue weighted by Gasteiger charge is -2.15. The number of hydrogen-bond acceptors (Lipinski definition) is 6. The lowest BCUT2D eigenvalue weighted by Crippen LogP contribution is -2.26. The van der Waals surface area contributed by atoms with Crippen molar-refractivity contribution in [3.8, 4) is 0 Å². The molecule has 0 radical (unpaired) electrons. The van der Waals surface area contributed by atoms with E-state index in [0.29, 0.717) is 10.5 Å². The third-order valence-corrected chi connectivity index (χ3v) is 6.52. The Labute approximate surface area is 153 Å². The van der Waals surface area contributed by atoms with E-state index in [0.717, 1.165) is 4.31 Å². The summed E-state index contributed by atoms with van der Waals surface area (Å²) in [4.78, 5) is 29.5. The predicted octanol–water partition coefficient (Wildman–Crippen LogP) is 1.57. The molecule has 0 saturated heterocycles. The number of benzene rings is 1. The highest BCUT2D eigenvalue weighted by atomic mass is 32.2. The Morgan fingerprint density at radius 1 is 1.31 bits per heavy atom. The van der Waals surface area contributed by atoms with Crippen molar-refractivity contribution >= 4 is 37.9 Å². The molecule has 3 rings (SSSR count). The van der Waals surface area contributed by atoms with E-state index in [2.05, 4.69) is 10.3 Å². The number of thiazole rings is 1. The number of fused-ring (bicyclic) bond motifs is 1. The summed E-state index contributed by atoms with van der Waals surface area (Å²) in [7, 11) is -0.788. The molecule has 8 nitrogen and oxygen atoms in total. The van der Waals surface area contributed by atoms with Crippen molar-refractivity contribution in [2.45, 2.75) is 11.8 Å². The van der Waals surface area contributed by atoms with E-state index < -0.39 is 21.5 Å². The molecule has 0 aliphatic rings. The minimum Gasteiger partial charge on any atom is -0.322 e. The van der Waals surface area contributed by atoms with Crippen LogP contribution < -0.4 is 10.9 Å². The van der Waals surface area contributed by atoms with Gasteiger partial charge in [0.25, 0.3) is 11.5 Å². The first-order valence-electron chi connectivity index (χ1n) is 7.51. The number of carbonyl (C=O) groups excluding carboxylic acids is 1. The highest BCUT2D eigenvalue weighted by Crippen LogP contribution is 2.22. The Kier molecular flexibility index (Phi) is 4.65. The highest BCUT2D eigenvalue weighted by molar-refractivity contribution is 7.89. The average Bonchev–Trinajstić information content (AvgIpc) is 3.06. The number of nitrogens with one attached hydrogen (secondary N) is 1. The molecule has 0 aliphatic carbocycles. The van der Waals surface area contributed by atoms with Gasteiger partial charge in [-0.05, 0) is 24.6 Å². The van der Waals surface area contributed by atoms with Gasteiger partial charge in [-0.2, -0.15) is 0 Å². The van der Waals surface area contributed by atoms with Gasteiger partial charge in [0.1, 0.15) is 5.56 Å². The lowest BCUT2D eigenvalue weighted by molar-refractivity contribution is 0.102. The van der Waals surface area contributed by atoms with Gasteiger partial charge in [-0.3, -0.25) is 14.0 Å². The van der Waals surface area contributed by atoms with Crippen LogP contribution in [0, 0.1) is 6.92 Å². The number of sulfonamides is 1. The summed E-state index contributed by atoms with van der Waals surface area (Å²) in [6.07, 6.45) is 2.76. The summed E-state index contributed by atoms with van der Waals surface area (Å²) in [6, 6.07) is 4.55. The Balaban J connectivity index is 1.97. The quantitative estimate of drug-likeness (QED) is 0.726. The largest absolute Gasteiger partial charge is 0.322 e. The van der Waals surface area contributed by atoms with Crippen molar-refractivity contribution in [2.75, 3.05) is 19.4 Å². The maximum Gasteiger partial charge on any atom is 0.271 e. The van der Waals surface area contributed by atoms with Crippen molar-refractivity contribution in [2.24, 2.45) is 0 Å². The van der Waals surface area contributed by atoms with Gasteiger partial charge >= 0.3 is 0 Å². The molecule has 26 heavy (non-hydrogen) atoms. The first-order valence-corrected chi connectivity index (χ1v) is 9.83. The van der Waals surface area contributed by atoms with Crippen LogP contribution >= 0.6 is 11.3 Å². The van der Waals surface area contributed by atoms with E-state index >= 15 is 0 Å². The van der Waals surface area contributed by atoms with Crippen LogP contribution in [0.2, 0.25) is 0 Å². The lowest BCUT2D eigenvalue weighted by atomic mass is 10.2. The maximum absolute atomic E-state index is 12.5. The van der Waals surface area contributed by atoms with Crippen LogP contribution in [-0.2, 0) is 10.0 Å². The summed E-state index contributed by atoms with van der Waals surface area (Å²) in [5.41, 5.74) is 0.217. The first-order chi connectivity index (χ1) is 12.2. The molecule has 0 unspecified atom stereocenters. The van der Waals surface area contributed by atoms with Crippen LogP contribution in [0.15, 0.2) is 45.7 Å². The van der Waals surface area contributed by atoms with Gasteiger partial charge in [-0.1, -0.05) is 6.07 Å². The average molecular weight is 392 g/mol. The van der Waals surface area contributed by atoms with Crippen LogP contribution in [0.1, 0.15) is 15.9 Å². The number of hydrogen-bond donors (Lipinski definition) is 1. The number of aryl methyl sites for hydroxylation is 1. The molecule has 1 N–H and O–H groups in total. The molecular formula is C16H16N4O4S2. The van der Waals surface area contributed by atoms with Gasteiger partial charge in [0, 0.05) is 37.6 Å². The van der Waals surface area contributed by atoms with E-state index in [1.807, 2.05) is 0 Å². The van der Waals surface area contributed by atoms with Crippen LogP contribution in [-0.4, -0.2) is 42.1 Å². The summed E-state index contributed by atoms with van der Waals surface area (Å²) >= 11 is 1.28. The minimum absolute atomic E-state index is 0.0865. The molecule has 1 aromatic carbocycles. The van der Waals surface area contributed by atoms with Crippen molar-refractivity contribution in [1.29, 1.82) is 0 Å². The Hall–Kier alpha value is -2.56. The second-order valence-corrected chi connectivity index (χ2v) is 8.75. The molecule has 0 saturated carbocycles. The highest BCUT2D eigenvalue weighted by Gasteiger charge is 2.21. The van der Waals surface area contributed by atoms with Crippen LogP contribution in [0.5, 0.6) is 0 Å².